The topological polar surface area (TPSA) is 65.3 Å². The maximum Gasteiger partial charge on any atom is 0.263 e. The van der Waals surface area contributed by atoms with Gasteiger partial charge in [-0.3, -0.25) is 14.6 Å². The summed E-state index contributed by atoms with van der Waals surface area (Å²) in [6, 6.07) is 9.84. The summed E-state index contributed by atoms with van der Waals surface area (Å²) in [7, 11) is 0. The number of carbonyl (C=O) groups is 2. The van der Waals surface area contributed by atoms with Gasteiger partial charge in [-0.05, 0) is 54.8 Å². The highest BCUT2D eigenvalue weighted by molar-refractivity contribution is 6.25. The number of aryl methyl sites for hydroxylation is 2. The van der Waals surface area contributed by atoms with E-state index in [0.29, 0.717) is 5.69 Å². The van der Waals surface area contributed by atoms with Gasteiger partial charge in [-0.15, -0.1) is 0 Å². The molecule has 2 aliphatic heterocycles. The SMILES string of the molecule is Cc1ccc(N2C(=O)C3N=NN(Cc4ccc(F)cc4)C3C2=O)cc1C. The molecule has 0 radical (unpaired) electrons. The molecule has 4 rings (SSSR count). The number of hydrogen-bond acceptors (Lipinski definition) is 5. The van der Waals surface area contributed by atoms with Crippen LogP contribution in [0.3, 0.4) is 0 Å². The quantitative estimate of drug-likeness (QED) is 0.798. The number of rotatable bonds is 3. The maximum atomic E-state index is 13.1. The molecule has 2 atom stereocenters. The lowest BCUT2D eigenvalue weighted by atomic mass is 10.1. The molecule has 1 fully saturated rings. The Morgan fingerprint density at radius 1 is 1.00 bits per heavy atom. The molecule has 2 aromatic carbocycles. The normalized spacial score (nSPS) is 21.7. The molecule has 6 nitrogen and oxygen atoms in total. The molecule has 2 unspecified atom stereocenters. The third-order valence-corrected chi connectivity index (χ3v) is 4.86. The fourth-order valence-corrected chi connectivity index (χ4v) is 3.25. The van der Waals surface area contributed by atoms with E-state index in [0.717, 1.165) is 16.7 Å². The smallest absolute Gasteiger partial charge is 0.263 e. The predicted molar refractivity (Wildman–Crippen MR) is 92.8 cm³/mol. The summed E-state index contributed by atoms with van der Waals surface area (Å²) in [6.45, 7) is 4.19. The summed E-state index contributed by atoms with van der Waals surface area (Å²) >= 11 is 0. The molecule has 0 N–H and O–H groups in total. The molecule has 26 heavy (non-hydrogen) atoms. The van der Waals surface area contributed by atoms with Crippen molar-refractivity contribution in [2.45, 2.75) is 32.5 Å². The highest BCUT2D eigenvalue weighted by atomic mass is 19.1. The van der Waals surface area contributed by atoms with E-state index in [-0.39, 0.29) is 24.2 Å². The number of halogens is 1. The van der Waals surface area contributed by atoms with Crippen LogP contribution in [0.25, 0.3) is 0 Å². The number of hydrogen-bond donors (Lipinski definition) is 0. The second-order valence-corrected chi connectivity index (χ2v) is 6.60. The number of imide groups is 1. The standard InChI is InChI=1S/C19H17FN4O2/c1-11-3-8-15(9-12(11)2)24-18(25)16-17(19(24)26)23(22-21-16)10-13-4-6-14(20)7-5-13/h3-9,16-17H,10H2,1-2H3. The van der Waals surface area contributed by atoms with Gasteiger partial charge in [0, 0.05) is 0 Å². The van der Waals surface area contributed by atoms with Gasteiger partial charge in [0.15, 0.2) is 12.1 Å². The Balaban J connectivity index is 1.60. The minimum Gasteiger partial charge on any atom is -0.271 e. The van der Waals surface area contributed by atoms with Gasteiger partial charge in [-0.1, -0.05) is 23.4 Å². The Labute approximate surface area is 149 Å². The van der Waals surface area contributed by atoms with Crippen molar-refractivity contribution in [3.8, 4) is 0 Å². The van der Waals surface area contributed by atoms with E-state index < -0.39 is 12.1 Å². The van der Waals surface area contributed by atoms with Crippen LogP contribution in [0.15, 0.2) is 52.8 Å². The molecule has 2 aliphatic rings. The van der Waals surface area contributed by atoms with Crippen LogP contribution in [0.2, 0.25) is 0 Å². The van der Waals surface area contributed by atoms with Gasteiger partial charge in [-0.25, -0.2) is 9.29 Å². The van der Waals surface area contributed by atoms with Crippen molar-refractivity contribution in [3.63, 3.8) is 0 Å². The van der Waals surface area contributed by atoms with E-state index in [1.165, 1.54) is 22.0 Å². The van der Waals surface area contributed by atoms with Crippen LogP contribution in [-0.2, 0) is 16.1 Å². The first-order valence-corrected chi connectivity index (χ1v) is 8.32. The Morgan fingerprint density at radius 2 is 1.73 bits per heavy atom. The average molecular weight is 352 g/mol. The van der Waals surface area contributed by atoms with E-state index in [9.17, 15) is 14.0 Å². The Kier molecular flexibility index (Phi) is 3.79. The zero-order valence-corrected chi connectivity index (χ0v) is 14.4. The fourth-order valence-electron chi connectivity index (χ4n) is 3.25. The van der Waals surface area contributed by atoms with Crippen LogP contribution in [-0.4, -0.2) is 28.9 Å². The van der Waals surface area contributed by atoms with E-state index in [1.807, 2.05) is 26.0 Å². The monoisotopic (exact) mass is 352 g/mol. The lowest BCUT2D eigenvalue weighted by Gasteiger charge is -2.21. The highest BCUT2D eigenvalue weighted by Crippen LogP contribution is 2.33. The first-order chi connectivity index (χ1) is 12.5. The average Bonchev–Trinajstić information content (AvgIpc) is 3.13. The van der Waals surface area contributed by atoms with Crippen molar-refractivity contribution in [1.29, 1.82) is 0 Å². The molecule has 2 amide bonds. The van der Waals surface area contributed by atoms with E-state index in [4.69, 9.17) is 0 Å². The zero-order valence-electron chi connectivity index (χ0n) is 14.4. The first-order valence-electron chi connectivity index (χ1n) is 8.32. The van der Waals surface area contributed by atoms with Crippen molar-refractivity contribution < 1.29 is 14.0 Å². The Hall–Kier alpha value is -3.09. The molecule has 7 heteroatoms. The maximum absolute atomic E-state index is 13.1. The highest BCUT2D eigenvalue weighted by Gasteiger charge is 2.54. The van der Waals surface area contributed by atoms with Crippen LogP contribution in [0.1, 0.15) is 16.7 Å². The third kappa shape index (κ3) is 2.56. The summed E-state index contributed by atoms with van der Waals surface area (Å²) in [5.41, 5.74) is 3.43. The van der Waals surface area contributed by atoms with Crippen molar-refractivity contribution >= 4 is 17.5 Å². The van der Waals surface area contributed by atoms with E-state index >= 15 is 0 Å². The largest absolute Gasteiger partial charge is 0.271 e. The van der Waals surface area contributed by atoms with Gasteiger partial charge in [0.1, 0.15) is 5.82 Å². The van der Waals surface area contributed by atoms with Crippen LogP contribution < -0.4 is 4.90 Å². The number of nitrogens with zero attached hydrogens (tertiary/aromatic N) is 4. The molecule has 0 spiro atoms. The number of carbonyl (C=O) groups excluding carboxylic acids is 2. The van der Waals surface area contributed by atoms with Gasteiger partial charge in [0.2, 0.25) is 0 Å². The Morgan fingerprint density at radius 3 is 2.42 bits per heavy atom. The van der Waals surface area contributed by atoms with Crippen molar-refractivity contribution in [2.75, 3.05) is 4.90 Å². The van der Waals surface area contributed by atoms with Gasteiger partial charge in [-0.2, -0.15) is 5.11 Å². The second kappa shape index (κ2) is 6.01. The zero-order chi connectivity index (χ0) is 18.4. The number of amides is 2. The number of anilines is 1. The number of benzene rings is 2. The van der Waals surface area contributed by atoms with Crippen LogP contribution in [0.5, 0.6) is 0 Å². The molecule has 2 aromatic rings. The molecular formula is C19H17FN4O2. The first kappa shape index (κ1) is 16.4. The van der Waals surface area contributed by atoms with Crippen LogP contribution in [0, 0.1) is 19.7 Å². The molecule has 1 saturated heterocycles. The summed E-state index contributed by atoms with van der Waals surface area (Å²) in [6.07, 6.45) is 0. The second-order valence-electron chi connectivity index (χ2n) is 6.60. The molecule has 0 bridgehead atoms. The van der Waals surface area contributed by atoms with Crippen LogP contribution in [0.4, 0.5) is 10.1 Å². The van der Waals surface area contributed by atoms with Gasteiger partial charge in [0.25, 0.3) is 11.8 Å². The lowest BCUT2D eigenvalue weighted by Crippen LogP contribution is -2.39. The summed E-state index contributed by atoms with van der Waals surface area (Å²) in [5.74, 6) is -1.04. The molecule has 0 saturated carbocycles. The lowest BCUT2D eigenvalue weighted by molar-refractivity contribution is -0.123. The molecule has 0 aromatic heterocycles. The summed E-state index contributed by atoms with van der Waals surface area (Å²) in [5, 5.41) is 9.50. The van der Waals surface area contributed by atoms with Gasteiger partial charge in [0.05, 0.1) is 12.2 Å². The molecule has 0 aliphatic carbocycles. The molecule has 2 heterocycles. The minimum absolute atomic E-state index is 0.282. The van der Waals surface area contributed by atoms with E-state index in [1.54, 1.807) is 18.2 Å². The van der Waals surface area contributed by atoms with Gasteiger partial charge < -0.3 is 0 Å². The summed E-state index contributed by atoms with van der Waals surface area (Å²) in [4.78, 5) is 26.8. The number of fused-ring (bicyclic) bond motifs is 1. The van der Waals surface area contributed by atoms with Crippen LogP contribution >= 0.6 is 0 Å². The fraction of sp³-hybridized carbons (Fsp3) is 0.263. The van der Waals surface area contributed by atoms with Crippen molar-refractivity contribution in [3.05, 3.63) is 65.0 Å². The van der Waals surface area contributed by atoms with Crippen molar-refractivity contribution in [2.24, 2.45) is 10.3 Å². The van der Waals surface area contributed by atoms with Gasteiger partial charge >= 0.3 is 0 Å². The molecule has 132 valence electrons. The predicted octanol–water partition coefficient (Wildman–Crippen LogP) is 2.94. The summed E-state index contributed by atoms with van der Waals surface area (Å²) < 4.78 is 13.1. The minimum atomic E-state index is -0.829. The third-order valence-electron chi connectivity index (χ3n) is 4.86. The Bertz CT molecular complexity index is 926. The van der Waals surface area contributed by atoms with E-state index in [2.05, 4.69) is 10.3 Å². The van der Waals surface area contributed by atoms with Crippen molar-refractivity contribution in [1.82, 2.24) is 5.01 Å². The molecular weight excluding hydrogens is 335 g/mol.